The molecule has 0 spiro atoms. The van der Waals surface area contributed by atoms with Gasteiger partial charge in [-0.25, -0.2) is 4.68 Å². The Morgan fingerprint density at radius 3 is 3.15 bits per heavy atom. The molecule has 1 fully saturated rings. The first-order valence-corrected chi connectivity index (χ1v) is 4.79. The summed E-state index contributed by atoms with van der Waals surface area (Å²) in [6, 6.07) is 0.0920. The summed E-state index contributed by atoms with van der Waals surface area (Å²) < 4.78 is 1.90. The Bertz CT molecular complexity index is 327. The van der Waals surface area contributed by atoms with Gasteiger partial charge in [0.25, 0.3) is 0 Å². The molecule has 2 heterocycles. The number of hydrogen-bond acceptors (Lipinski definition) is 4. The Hall–Kier alpha value is -1.10. The maximum absolute atomic E-state index is 6.06. The van der Waals surface area contributed by atoms with Crippen molar-refractivity contribution in [2.45, 2.75) is 25.4 Å². The van der Waals surface area contributed by atoms with Crippen LogP contribution in [0.3, 0.4) is 0 Å². The number of rotatable bonds is 2. The third kappa shape index (κ3) is 1.03. The summed E-state index contributed by atoms with van der Waals surface area (Å²) in [5, 5.41) is 11.4. The van der Waals surface area contributed by atoms with Crippen LogP contribution in [0.25, 0.3) is 0 Å². The quantitative estimate of drug-likeness (QED) is 0.676. The number of anilines is 1. The molecule has 1 aliphatic carbocycles. The van der Waals surface area contributed by atoms with Gasteiger partial charge in [-0.05, 0) is 18.8 Å². The fourth-order valence-electron chi connectivity index (χ4n) is 1.85. The zero-order valence-corrected chi connectivity index (χ0v) is 7.40. The SMILES string of the molecule is NC(c1nnn2c1NCC2)C1CC1. The van der Waals surface area contributed by atoms with E-state index in [1.165, 1.54) is 12.8 Å². The lowest BCUT2D eigenvalue weighted by molar-refractivity contribution is 0.605. The van der Waals surface area contributed by atoms with Crippen molar-refractivity contribution < 1.29 is 0 Å². The first-order chi connectivity index (χ1) is 6.36. The number of nitrogens with two attached hydrogens (primary N) is 1. The standard InChI is InChI=1S/C8H13N5/c9-6(5-1-2-5)7-8-10-3-4-13(8)12-11-7/h5-6,10H,1-4,9H2. The van der Waals surface area contributed by atoms with Gasteiger partial charge >= 0.3 is 0 Å². The third-order valence-electron chi connectivity index (χ3n) is 2.82. The van der Waals surface area contributed by atoms with Gasteiger partial charge < -0.3 is 11.1 Å². The van der Waals surface area contributed by atoms with Gasteiger partial charge in [0.2, 0.25) is 0 Å². The summed E-state index contributed by atoms with van der Waals surface area (Å²) >= 11 is 0. The van der Waals surface area contributed by atoms with Gasteiger partial charge in [-0.15, -0.1) is 5.10 Å². The van der Waals surface area contributed by atoms with E-state index < -0.39 is 0 Å². The molecule has 1 aliphatic heterocycles. The highest BCUT2D eigenvalue weighted by Crippen LogP contribution is 2.40. The van der Waals surface area contributed by atoms with Gasteiger partial charge in [0, 0.05) is 6.54 Å². The molecule has 13 heavy (non-hydrogen) atoms. The summed E-state index contributed by atoms with van der Waals surface area (Å²) in [7, 11) is 0. The predicted octanol–water partition coefficient (Wildman–Crippen LogP) is 0.113. The molecule has 2 aliphatic rings. The van der Waals surface area contributed by atoms with Crippen LogP contribution in [0.4, 0.5) is 5.82 Å². The minimum atomic E-state index is 0.0920. The van der Waals surface area contributed by atoms with Crippen LogP contribution in [0.2, 0.25) is 0 Å². The lowest BCUT2D eigenvalue weighted by Gasteiger charge is -2.07. The minimum absolute atomic E-state index is 0.0920. The predicted molar refractivity (Wildman–Crippen MR) is 48.2 cm³/mol. The molecule has 5 heteroatoms. The molecule has 0 saturated heterocycles. The monoisotopic (exact) mass is 179 g/mol. The molecule has 1 unspecified atom stereocenters. The van der Waals surface area contributed by atoms with Gasteiger partial charge in [-0.1, -0.05) is 5.21 Å². The molecule has 70 valence electrons. The van der Waals surface area contributed by atoms with Crippen LogP contribution < -0.4 is 11.1 Å². The van der Waals surface area contributed by atoms with Crippen LogP contribution >= 0.6 is 0 Å². The summed E-state index contributed by atoms with van der Waals surface area (Å²) in [5.41, 5.74) is 7.02. The summed E-state index contributed by atoms with van der Waals surface area (Å²) in [6.07, 6.45) is 2.49. The van der Waals surface area contributed by atoms with Crippen molar-refractivity contribution in [1.82, 2.24) is 15.0 Å². The normalized spacial score (nSPS) is 22.5. The van der Waals surface area contributed by atoms with Gasteiger partial charge in [-0.3, -0.25) is 0 Å². The van der Waals surface area contributed by atoms with E-state index in [0.717, 1.165) is 24.6 Å². The topological polar surface area (TPSA) is 68.8 Å². The van der Waals surface area contributed by atoms with Gasteiger partial charge in [-0.2, -0.15) is 0 Å². The maximum Gasteiger partial charge on any atom is 0.149 e. The highest BCUT2D eigenvalue weighted by atomic mass is 15.5. The van der Waals surface area contributed by atoms with Crippen LogP contribution in [-0.2, 0) is 6.54 Å². The Morgan fingerprint density at radius 1 is 1.54 bits per heavy atom. The van der Waals surface area contributed by atoms with Crippen LogP contribution in [0.15, 0.2) is 0 Å². The van der Waals surface area contributed by atoms with Gasteiger partial charge in [0.1, 0.15) is 11.5 Å². The van der Waals surface area contributed by atoms with Gasteiger partial charge in [0.15, 0.2) is 0 Å². The highest BCUT2D eigenvalue weighted by Gasteiger charge is 2.34. The summed E-state index contributed by atoms with van der Waals surface area (Å²) in [4.78, 5) is 0. The molecule has 5 nitrogen and oxygen atoms in total. The van der Waals surface area contributed by atoms with Gasteiger partial charge in [0.05, 0.1) is 12.6 Å². The van der Waals surface area contributed by atoms with Crippen molar-refractivity contribution >= 4 is 5.82 Å². The molecular weight excluding hydrogens is 166 g/mol. The molecule has 0 bridgehead atoms. The average molecular weight is 179 g/mol. The zero-order valence-electron chi connectivity index (χ0n) is 7.40. The molecule has 1 atom stereocenters. The summed E-state index contributed by atoms with van der Waals surface area (Å²) in [5.74, 6) is 1.68. The fourth-order valence-corrected chi connectivity index (χ4v) is 1.85. The van der Waals surface area contributed by atoms with Crippen LogP contribution in [-0.4, -0.2) is 21.5 Å². The Balaban J connectivity index is 1.94. The molecule has 0 amide bonds. The van der Waals surface area contributed by atoms with E-state index in [0.29, 0.717) is 5.92 Å². The Kier molecular flexibility index (Phi) is 1.38. The number of nitrogens with one attached hydrogen (secondary N) is 1. The van der Waals surface area contributed by atoms with E-state index in [2.05, 4.69) is 15.6 Å². The maximum atomic E-state index is 6.06. The molecule has 3 N–H and O–H groups in total. The molecule has 1 aromatic rings. The molecular formula is C8H13N5. The third-order valence-corrected chi connectivity index (χ3v) is 2.82. The Morgan fingerprint density at radius 2 is 2.38 bits per heavy atom. The van der Waals surface area contributed by atoms with E-state index in [1.54, 1.807) is 0 Å². The second kappa shape index (κ2) is 2.45. The molecule has 3 rings (SSSR count). The first-order valence-electron chi connectivity index (χ1n) is 4.79. The first kappa shape index (κ1) is 7.32. The number of fused-ring (bicyclic) bond motifs is 1. The molecule has 1 saturated carbocycles. The van der Waals surface area contributed by atoms with Crippen LogP contribution in [0.5, 0.6) is 0 Å². The van der Waals surface area contributed by atoms with Crippen molar-refractivity contribution in [3.8, 4) is 0 Å². The van der Waals surface area contributed by atoms with E-state index in [4.69, 9.17) is 5.73 Å². The van der Waals surface area contributed by atoms with E-state index >= 15 is 0 Å². The lowest BCUT2D eigenvalue weighted by atomic mass is 10.1. The average Bonchev–Trinajstić information content (AvgIpc) is 2.73. The zero-order chi connectivity index (χ0) is 8.84. The van der Waals surface area contributed by atoms with Crippen LogP contribution in [0.1, 0.15) is 24.6 Å². The number of hydrogen-bond donors (Lipinski definition) is 2. The van der Waals surface area contributed by atoms with Crippen molar-refractivity contribution in [3.63, 3.8) is 0 Å². The van der Waals surface area contributed by atoms with Crippen molar-refractivity contribution in [2.75, 3.05) is 11.9 Å². The molecule has 1 aromatic heterocycles. The lowest BCUT2D eigenvalue weighted by Crippen LogP contribution is -2.14. The number of nitrogens with zero attached hydrogens (tertiary/aromatic N) is 3. The highest BCUT2D eigenvalue weighted by molar-refractivity contribution is 5.44. The smallest absolute Gasteiger partial charge is 0.149 e. The largest absolute Gasteiger partial charge is 0.367 e. The Labute approximate surface area is 76.3 Å². The van der Waals surface area contributed by atoms with Crippen molar-refractivity contribution in [2.24, 2.45) is 11.7 Å². The minimum Gasteiger partial charge on any atom is -0.367 e. The van der Waals surface area contributed by atoms with E-state index in [9.17, 15) is 0 Å². The number of aromatic nitrogens is 3. The summed E-state index contributed by atoms with van der Waals surface area (Å²) in [6.45, 7) is 1.87. The second-order valence-electron chi connectivity index (χ2n) is 3.84. The second-order valence-corrected chi connectivity index (χ2v) is 3.84. The van der Waals surface area contributed by atoms with Crippen LogP contribution in [0, 0.1) is 5.92 Å². The van der Waals surface area contributed by atoms with Crippen molar-refractivity contribution in [1.29, 1.82) is 0 Å². The molecule has 0 radical (unpaired) electrons. The van der Waals surface area contributed by atoms with E-state index in [-0.39, 0.29) is 6.04 Å². The fraction of sp³-hybridized carbons (Fsp3) is 0.750. The molecule has 0 aromatic carbocycles. The van der Waals surface area contributed by atoms with Crippen molar-refractivity contribution in [3.05, 3.63) is 5.69 Å². The van der Waals surface area contributed by atoms with E-state index in [1.807, 2.05) is 4.68 Å².